The van der Waals surface area contributed by atoms with Crippen LogP contribution in [-0.2, 0) is 11.0 Å². The van der Waals surface area contributed by atoms with Gasteiger partial charge in [-0.2, -0.15) is 13.2 Å². The zero-order chi connectivity index (χ0) is 20.3. The number of rotatable bonds is 5. The van der Waals surface area contributed by atoms with E-state index in [4.69, 9.17) is 4.74 Å². The first-order valence-corrected chi connectivity index (χ1v) is 8.74. The number of hydrogen-bond acceptors (Lipinski definition) is 6. The first-order chi connectivity index (χ1) is 13.2. The summed E-state index contributed by atoms with van der Waals surface area (Å²) in [6.45, 7) is -0.359. The van der Waals surface area contributed by atoms with Gasteiger partial charge in [0.1, 0.15) is 12.1 Å². The number of alkyl halides is 3. The van der Waals surface area contributed by atoms with E-state index in [9.17, 15) is 18.0 Å². The van der Waals surface area contributed by atoms with Crippen LogP contribution in [0, 0.1) is 0 Å². The maximum Gasteiger partial charge on any atom is 0.417 e. The molecule has 28 heavy (non-hydrogen) atoms. The van der Waals surface area contributed by atoms with Crippen LogP contribution < -0.4 is 20.6 Å². The van der Waals surface area contributed by atoms with Crippen molar-refractivity contribution in [3.8, 4) is 5.75 Å². The second-order valence-electron chi connectivity index (χ2n) is 5.75. The molecule has 2 aromatic carbocycles. The van der Waals surface area contributed by atoms with Crippen LogP contribution in [0.2, 0.25) is 0 Å². The van der Waals surface area contributed by atoms with E-state index in [2.05, 4.69) is 31.9 Å². The van der Waals surface area contributed by atoms with Gasteiger partial charge in [0.25, 0.3) is 5.91 Å². The summed E-state index contributed by atoms with van der Waals surface area (Å²) in [7, 11) is 1.73. The number of anilines is 2. The smallest absolute Gasteiger partial charge is 0.417 e. The number of amides is 1. The Balaban J connectivity index is 1.60. The molecule has 1 heterocycles. The summed E-state index contributed by atoms with van der Waals surface area (Å²) in [6.07, 6.45) is -2.96. The summed E-state index contributed by atoms with van der Waals surface area (Å²) in [6, 6.07) is 10.4. The van der Waals surface area contributed by atoms with Gasteiger partial charge in [-0.1, -0.05) is 22.0 Å². The van der Waals surface area contributed by atoms with E-state index in [1.54, 1.807) is 36.6 Å². The second kappa shape index (κ2) is 8.07. The fraction of sp³-hybridized carbons (Fsp3) is 0.176. The van der Waals surface area contributed by atoms with Crippen molar-refractivity contribution in [1.82, 2.24) is 10.7 Å². The minimum atomic E-state index is -4.53. The topological polar surface area (TPSA) is 69.2 Å². The SMILES string of the molecule is CN1N=CN(c2cccc(OCC(=O)Nc3ccc(Br)c(C(F)(F)F)c3)c2)N1. The quantitative estimate of drug-likeness (QED) is 0.717. The largest absolute Gasteiger partial charge is 0.484 e. The molecule has 0 aliphatic carbocycles. The van der Waals surface area contributed by atoms with Gasteiger partial charge in [0.15, 0.2) is 6.61 Å². The van der Waals surface area contributed by atoms with E-state index in [1.807, 2.05) is 6.07 Å². The van der Waals surface area contributed by atoms with Gasteiger partial charge < -0.3 is 10.1 Å². The standard InChI is InChI=1S/C17H15BrF3N5O2/c1-25-22-10-26(24-25)12-3-2-4-13(8-12)28-9-16(27)23-11-5-6-15(18)14(7-11)17(19,20)21/h2-8,10,24H,9H2,1H3,(H,23,27). The van der Waals surface area contributed by atoms with Crippen LogP contribution in [0.25, 0.3) is 0 Å². The molecule has 2 N–H and O–H groups in total. The van der Waals surface area contributed by atoms with E-state index in [1.165, 1.54) is 17.3 Å². The molecule has 0 radical (unpaired) electrons. The number of halogens is 4. The zero-order valence-corrected chi connectivity index (χ0v) is 16.1. The number of hydrazine groups is 2. The Bertz CT molecular complexity index is 907. The average molecular weight is 458 g/mol. The Labute approximate surface area is 166 Å². The molecule has 0 saturated heterocycles. The number of nitrogens with zero attached hydrogens (tertiary/aromatic N) is 3. The first kappa shape index (κ1) is 20.0. The van der Waals surface area contributed by atoms with Crippen molar-refractivity contribution < 1.29 is 22.7 Å². The maximum atomic E-state index is 12.9. The fourth-order valence-corrected chi connectivity index (χ4v) is 2.82. The number of hydrazone groups is 1. The molecule has 7 nitrogen and oxygen atoms in total. The summed E-state index contributed by atoms with van der Waals surface area (Å²) < 4.78 is 44.1. The average Bonchev–Trinajstić information content (AvgIpc) is 3.07. The van der Waals surface area contributed by atoms with E-state index >= 15 is 0 Å². The molecule has 0 spiro atoms. The summed E-state index contributed by atoms with van der Waals surface area (Å²) >= 11 is 2.85. The number of nitrogens with one attached hydrogen (secondary N) is 2. The van der Waals surface area contributed by atoms with Gasteiger partial charge in [-0.05, 0) is 30.3 Å². The van der Waals surface area contributed by atoms with Crippen LogP contribution >= 0.6 is 15.9 Å². The molecule has 1 aliphatic heterocycles. The Morgan fingerprint density at radius 2 is 2.07 bits per heavy atom. The Hall–Kier alpha value is -2.79. The van der Waals surface area contributed by atoms with E-state index < -0.39 is 17.6 Å². The van der Waals surface area contributed by atoms with Crippen LogP contribution in [0.15, 0.2) is 52.0 Å². The first-order valence-electron chi connectivity index (χ1n) is 7.95. The summed E-state index contributed by atoms with van der Waals surface area (Å²) in [4.78, 5) is 12.0. The number of ether oxygens (including phenoxy) is 1. The summed E-state index contributed by atoms with van der Waals surface area (Å²) in [5.74, 6) is -0.161. The fourth-order valence-electron chi connectivity index (χ4n) is 2.35. The highest BCUT2D eigenvalue weighted by Gasteiger charge is 2.33. The minimum absolute atomic E-state index is 0.0263. The number of benzene rings is 2. The lowest BCUT2D eigenvalue weighted by Gasteiger charge is -2.17. The summed E-state index contributed by atoms with van der Waals surface area (Å²) in [5, 5.41) is 9.56. The van der Waals surface area contributed by atoms with E-state index in [0.29, 0.717) is 5.75 Å². The molecule has 0 bridgehead atoms. The van der Waals surface area contributed by atoms with Crippen LogP contribution in [0.3, 0.4) is 0 Å². The van der Waals surface area contributed by atoms with E-state index in [-0.39, 0.29) is 16.8 Å². The van der Waals surface area contributed by atoms with Crippen LogP contribution in [0.4, 0.5) is 24.5 Å². The lowest BCUT2D eigenvalue weighted by atomic mass is 10.2. The molecule has 1 amide bonds. The van der Waals surface area contributed by atoms with Gasteiger partial charge in [-0.3, -0.25) is 4.79 Å². The minimum Gasteiger partial charge on any atom is -0.484 e. The molecular weight excluding hydrogens is 443 g/mol. The normalized spacial score (nSPS) is 13.8. The van der Waals surface area contributed by atoms with Crippen molar-refractivity contribution in [2.75, 3.05) is 24.0 Å². The van der Waals surface area contributed by atoms with Crippen molar-refractivity contribution in [3.05, 3.63) is 52.5 Å². The van der Waals surface area contributed by atoms with Crippen LogP contribution in [-0.4, -0.2) is 31.0 Å². The lowest BCUT2D eigenvalue weighted by Crippen LogP contribution is -2.38. The third-order valence-electron chi connectivity index (χ3n) is 3.61. The van der Waals surface area contributed by atoms with Gasteiger partial charge in [-0.25, -0.2) is 10.1 Å². The van der Waals surface area contributed by atoms with Gasteiger partial charge in [0, 0.05) is 23.3 Å². The zero-order valence-electron chi connectivity index (χ0n) is 14.5. The lowest BCUT2D eigenvalue weighted by molar-refractivity contribution is -0.138. The maximum absolute atomic E-state index is 12.9. The molecule has 3 rings (SSSR count). The van der Waals surface area contributed by atoms with Crippen molar-refractivity contribution >= 4 is 39.6 Å². The van der Waals surface area contributed by atoms with Gasteiger partial charge in [0.05, 0.1) is 11.3 Å². The van der Waals surface area contributed by atoms with Gasteiger partial charge in [-0.15, -0.1) is 10.6 Å². The predicted octanol–water partition coefficient (Wildman–Crippen LogP) is 3.60. The number of carbonyl (C=O) groups is 1. The monoisotopic (exact) mass is 457 g/mol. The highest BCUT2D eigenvalue weighted by Crippen LogP contribution is 2.36. The third kappa shape index (κ3) is 4.93. The van der Waals surface area contributed by atoms with Gasteiger partial charge in [0.2, 0.25) is 0 Å². The molecule has 0 unspecified atom stereocenters. The highest BCUT2D eigenvalue weighted by molar-refractivity contribution is 9.10. The molecule has 0 atom stereocenters. The highest BCUT2D eigenvalue weighted by atomic mass is 79.9. The molecule has 11 heteroatoms. The Morgan fingerprint density at radius 1 is 1.29 bits per heavy atom. The summed E-state index contributed by atoms with van der Waals surface area (Å²) in [5.41, 5.74) is 2.82. The predicted molar refractivity (Wildman–Crippen MR) is 102 cm³/mol. The van der Waals surface area contributed by atoms with Crippen molar-refractivity contribution in [1.29, 1.82) is 0 Å². The molecule has 0 saturated carbocycles. The number of hydrogen-bond donors (Lipinski definition) is 2. The van der Waals surface area contributed by atoms with Gasteiger partial charge >= 0.3 is 6.18 Å². The Morgan fingerprint density at radius 3 is 2.75 bits per heavy atom. The third-order valence-corrected chi connectivity index (χ3v) is 4.31. The van der Waals surface area contributed by atoms with Crippen LogP contribution in [0.5, 0.6) is 5.75 Å². The van der Waals surface area contributed by atoms with Crippen LogP contribution in [0.1, 0.15) is 5.56 Å². The van der Waals surface area contributed by atoms with E-state index in [0.717, 1.165) is 11.8 Å². The van der Waals surface area contributed by atoms with Crippen molar-refractivity contribution in [2.24, 2.45) is 5.10 Å². The van der Waals surface area contributed by atoms with Crippen molar-refractivity contribution in [2.45, 2.75) is 6.18 Å². The second-order valence-corrected chi connectivity index (χ2v) is 6.61. The Kier molecular flexibility index (Phi) is 5.75. The molecule has 1 aliphatic rings. The van der Waals surface area contributed by atoms with Crippen molar-refractivity contribution in [3.63, 3.8) is 0 Å². The molecule has 148 valence electrons. The molecule has 0 fully saturated rings. The molecule has 0 aromatic heterocycles. The molecule has 2 aromatic rings. The molecular formula is C17H15BrF3N5O2. The number of carbonyl (C=O) groups excluding carboxylic acids is 1.